The first kappa shape index (κ1) is 36.0. The van der Waals surface area contributed by atoms with E-state index in [2.05, 4.69) is 152 Å². The molecule has 0 saturated heterocycles. The fourth-order valence-electron chi connectivity index (χ4n) is 9.81. The number of benzene rings is 9. The van der Waals surface area contributed by atoms with Gasteiger partial charge in [0.1, 0.15) is 0 Å². The van der Waals surface area contributed by atoms with Crippen LogP contribution in [0.3, 0.4) is 0 Å². The van der Waals surface area contributed by atoms with Gasteiger partial charge in [0.15, 0.2) is 17.5 Å². The minimum Gasteiger partial charge on any atom is -0.208 e. The molecule has 4 nitrogen and oxygen atoms in total. The molecule has 12 rings (SSSR count). The van der Waals surface area contributed by atoms with Crippen molar-refractivity contribution in [1.82, 2.24) is 15.0 Å². The number of aromatic nitrogens is 3. The van der Waals surface area contributed by atoms with Crippen molar-refractivity contribution in [2.24, 2.45) is 0 Å². The normalized spacial score (nSPS) is 14.4. The molecule has 1 unspecified atom stereocenters. The first-order valence-electron chi connectivity index (χ1n) is 20.7. The second-order valence-corrected chi connectivity index (χ2v) is 16.8. The SMILES string of the molecule is N#Cc1ccc(-c2ccc(-c3cccc4c3-c3ccccc3C43c4ccccc4Sc4c(-c5nc(-c6ccccc6)nc(-c6ccccc6)n5)cccc43)c3ccccc23)cc1. The topological polar surface area (TPSA) is 62.5 Å². The first-order valence-corrected chi connectivity index (χ1v) is 21.6. The van der Waals surface area contributed by atoms with Crippen molar-refractivity contribution < 1.29 is 0 Å². The van der Waals surface area contributed by atoms with E-state index in [4.69, 9.17) is 15.0 Å². The standard InChI is InChI=1S/C57H34N4S/c58-35-36-29-31-37(32-30-36)40-33-34-43(42-20-8-7-19-41(40)42)44-22-13-26-49-52(44)45-21-9-10-24-47(45)57(49)48-25-11-12-28-51(48)62-53-46(23-14-27-50(53)57)56-60-54(38-15-3-1-4-16-38)59-55(61-56)39-17-5-2-6-18-39/h1-34H. The molecule has 288 valence electrons. The van der Waals surface area contributed by atoms with Crippen LogP contribution in [-0.4, -0.2) is 15.0 Å². The zero-order chi connectivity index (χ0) is 41.2. The van der Waals surface area contributed by atoms with Crippen molar-refractivity contribution in [3.63, 3.8) is 0 Å². The molecule has 9 aromatic carbocycles. The van der Waals surface area contributed by atoms with Gasteiger partial charge in [0, 0.05) is 26.5 Å². The first-order chi connectivity index (χ1) is 30.7. The summed E-state index contributed by atoms with van der Waals surface area (Å²) in [6.45, 7) is 0. The maximum absolute atomic E-state index is 9.49. The lowest BCUT2D eigenvalue weighted by atomic mass is 9.67. The Bertz CT molecular complexity index is 3390. The van der Waals surface area contributed by atoms with E-state index in [1.54, 1.807) is 11.8 Å². The summed E-state index contributed by atoms with van der Waals surface area (Å²) in [4.78, 5) is 17.8. The van der Waals surface area contributed by atoms with Crippen LogP contribution in [0, 0.1) is 11.3 Å². The minimum atomic E-state index is -0.620. The molecular formula is C57H34N4S. The van der Waals surface area contributed by atoms with Crippen molar-refractivity contribution in [3.8, 4) is 73.6 Å². The van der Waals surface area contributed by atoms with Crippen LogP contribution in [0.1, 0.15) is 27.8 Å². The second kappa shape index (κ2) is 14.4. The van der Waals surface area contributed by atoms with E-state index in [-0.39, 0.29) is 0 Å². The van der Waals surface area contributed by atoms with E-state index < -0.39 is 5.41 Å². The maximum atomic E-state index is 9.49. The van der Waals surface area contributed by atoms with Crippen molar-refractivity contribution in [1.29, 1.82) is 5.26 Å². The third-order valence-electron chi connectivity index (χ3n) is 12.5. The van der Waals surface area contributed by atoms with Crippen LogP contribution in [0.5, 0.6) is 0 Å². The molecule has 0 saturated carbocycles. The monoisotopic (exact) mass is 806 g/mol. The summed E-state index contributed by atoms with van der Waals surface area (Å²) in [5, 5.41) is 11.8. The third kappa shape index (κ3) is 5.44. The Morgan fingerprint density at radius 2 is 0.903 bits per heavy atom. The molecule has 0 amide bonds. The Kier molecular flexibility index (Phi) is 8.35. The molecule has 1 spiro atoms. The molecule has 0 radical (unpaired) electrons. The summed E-state index contributed by atoms with van der Waals surface area (Å²) in [5.74, 6) is 1.92. The van der Waals surface area contributed by atoms with Crippen molar-refractivity contribution in [2.75, 3.05) is 0 Å². The van der Waals surface area contributed by atoms with Gasteiger partial charge in [0.2, 0.25) is 0 Å². The maximum Gasteiger partial charge on any atom is 0.165 e. The van der Waals surface area contributed by atoms with E-state index in [1.165, 1.54) is 60.2 Å². The van der Waals surface area contributed by atoms with Crippen LogP contribution in [0.2, 0.25) is 0 Å². The number of nitriles is 1. The molecule has 1 aliphatic carbocycles. The second-order valence-electron chi connectivity index (χ2n) is 15.7. The highest BCUT2D eigenvalue weighted by atomic mass is 32.2. The summed E-state index contributed by atoms with van der Waals surface area (Å²) >= 11 is 1.80. The molecule has 2 aliphatic rings. The van der Waals surface area contributed by atoms with E-state index in [9.17, 15) is 5.26 Å². The van der Waals surface area contributed by atoms with Crippen LogP contribution in [-0.2, 0) is 5.41 Å². The van der Waals surface area contributed by atoms with Gasteiger partial charge in [-0.25, -0.2) is 15.0 Å². The Balaban J connectivity index is 1.11. The highest BCUT2D eigenvalue weighted by molar-refractivity contribution is 7.99. The van der Waals surface area contributed by atoms with Gasteiger partial charge in [0.25, 0.3) is 0 Å². The fourth-order valence-corrected chi connectivity index (χ4v) is 11.1. The fraction of sp³-hybridized carbons (Fsp3) is 0.0175. The van der Waals surface area contributed by atoms with E-state index in [0.717, 1.165) is 32.7 Å². The van der Waals surface area contributed by atoms with Crippen LogP contribution >= 0.6 is 11.8 Å². The molecular weight excluding hydrogens is 773 g/mol. The Morgan fingerprint density at radius 1 is 0.371 bits per heavy atom. The van der Waals surface area contributed by atoms with Crippen LogP contribution in [0.15, 0.2) is 216 Å². The van der Waals surface area contributed by atoms with E-state index in [1.807, 2.05) is 60.7 Å². The number of hydrogen-bond acceptors (Lipinski definition) is 5. The molecule has 2 heterocycles. The number of fused-ring (bicyclic) bond motifs is 10. The lowest BCUT2D eigenvalue weighted by Crippen LogP contribution is -2.32. The summed E-state index contributed by atoms with van der Waals surface area (Å²) in [6, 6.07) is 75.2. The van der Waals surface area contributed by atoms with Gasteiger partial charge in [-0.05, 0) is 84.6 Å². The van der Waals surface area contributed by atoms with Gasteiger partial charge < -0.3 is 0 Å². The number of hydrogen-bond donors (Lipinski definition) is 0. The molecule has 1 atom stereocenters. The molecule has 0 N–H and O–H groups in total. The molecule has 1 aromatic heterocycles. The van der Waals surface area contributed by atoms with Crippen LogP contribution < -0.4 is 0 Å². The van der Waals surface area contributed by atoms with Crippen molar-refractivity contribution in [2.45, 2.75) is 15.2 Å². The van der Waals surface area contributed by atoms with Crippen LogP contribution in [0.25, 0.3) is 78.3 Å². The van der Waals surface area contributed by atoms with Crippen LogP contribution in [0.4, 0.5) is 0 Å². The zero-order valence-electron chi connectivity index (χ0n) is 33.3. The van der Waals surface area contributed by atoms with Gasteiger partial charge in [-0.2, -0.15) is 5.26 Å². The Hall–Kier alpha value is -7.91. The predicted molar refractivity (Wildman–Crippen MR) is 251 cm³/mol. The van der Waals surface area contributed by atoms with Crippen molar-refractivity contribution >= 4 is 22.5 Å². The summed E-state index contributed by atoms with van der Waals surface area (Å²) in [6.07, 6.45) is 0. The molecule has 62 heavy (non-hydrogen) atoms. The van der Waals surface area contributed by atoms with Gasteiger partial charge in [-0.3, -0.25) is 0 Å². The van der Waals surface area contributed by atoms with Gasteiger partial charge in [-0.1, -0.05) is 200 Å². The summed E-state index contributed by atoms with van der Waals surface area (Å²) < 4.78 is 0. The van der Waals surface area contributed by atoms with E-state index in [0.29, 0.717) is 23.0 Å². The van der Waals surface area contributed by atoms with Gasteiger partial charge in [0.05, 0.1) is 17.0 Å². The number of rotatable bonds is 5. The average Bonchev–Trinajstić information content (AvgIpc) is 3.65. The predicted octanol–water partition coefficient (Wildman–Crippen LogP) is 14.1. The van der Waals surface area contributed by atoms with Gasteiger partial charge >= 0.3 is 0 Å². The Labute approximate surface area is 363 Å². The Morgan fingerprint density at radius 3 is 1.61 bits per heavy atom. The minimum absolute atomic E-state index is 0.620. The molecule has 0 bridgehead atoms. The third-order valence-corrected chi connectivity index (χ3v) is 13.7. The van der Waals surface area contributed by atoms with E-state index >= 15 is 0 Å². The highest BCUT2D eigenvalue weighted by Gasteiger charge is 2.51. The lowest BCUT2D eigenvalue weighted by Gasteiger charge is -2.40. The smallest absolute Gasteiger partial charge is 0.165 e. The highest BCUT2D eigenvalue weighted by Crippen LogP contribution is 2.64. The molecule has 10 aromatic rings. The largest absolute Gasteiger partial charge is 0.208 e. The lowest BCUT2D eigenvalue weighted by molar-refractivity contribution is 0.723. The quantitative estimate of drug-likeness (QED) is 0.173. The summed E-state index contributed by atoms with van der Waals surface area (Å²) in [7, 11) is 0. The number of nitrogens with zero attached hydrogens (tertiary/aromatic N) is 4. The molecule has 5 heteroatoms. The van der Waals surface area contributed by atoms with Crippen molar-refractivity contribution in [3.05, 3.63) is 234 Å². The summed E-state index contributed by atoms with van der Waals surface area (Å²) in [5.41, 5.74) is 15.0. The molecule has 0 fully saturated rings. The average molecular weight is 807 g/mol. The van der Waals surface area contributed by atoms with Gasteiger partial charge in [-0.15, -0.1) is 0 Å². The zero-order valence-corrected chi connectivity index (χ0v) is 34.1. The molecule has 1 aliphatic heterocycles.